The highest BCUT2D eigenvalue weighted by molar-refractivity contribution is 7.15. The van der Waals surface area contributed by atoms with Crippen molar-refractivity contribution in [2.24, 2.45) is 0 Å². The molecule has 1 aromatic heterocycles. The summed E-state index contributed by atoms with van der Waals surface area (Å²) < 4.78 is 0. The summed E-state index contributed by atoms with van der Waals surface area (Å²) in [7, 11) is 0. The van der Waals surface area contributed by atoms with Crippen LogP contribution in [0.3, 0.4) is 0 Å². The van der Waals surface area contributed by atoms with Crippen molar-refractivity contribution in [1.82, 2.24) is 15.1 Å². The molecule has 1 aromatic carbocycles. The SMILES string of the molecule is Nc1nnc(CN2Cc3ccccc3C2)s1. The molecule has 0 fully saturated rings. The van der Waals surface area contributed by atoms with Gasteiger partial charge in [0.1, 0.15) is 5.01 Å². The molecule has 0 bridgehead atoms. The van der Waals surface area contributed by atoms with Crippen LogP contribution >= 0.6 is 11.3 Å². The third-order valence-corrected chi connectivity index (χ3v) is 3.48. The Morgan fingerprint density at radius 1 is 1.19 bits per heavy atom. The molecule has 0 aliphatic carbocycles. The van der Waals surface area contributed by atoms with Crippen LogP contribution < -0.4 is 5.73 Å². The largest absolute Gasteiger partial charge is 0.374 e. The zero-order valence-electron chi connectivity index (χ0n) is 8.76. The molecule has 1 aliphatic heterocycles. The Morgan fingerprint density at radius 3 is 2.44 bits per heavy atom. The van der Waals surface area contributed by atoms with Gasteiger partial charge in [0, 0.05) is 13.1 Å². The van der Waals surface area contributed by atoms with Crippen LogP contribution in [0.25, 0.3) is 0 Å². The molecule has 0 unspecified atom stereocenters. The number of benzene rings is 1. The third-order valence-electron chi connectivity index (χ3n) is 2.75. The van der Waals surface area contributed by atoms with Crippen LogP contribution in [-0.2, 0) is 19.6 Å². The molecule has 82 valence electrons. The molecule has 3 rings (SSSR count). The Hall–Kier alpha value is -1.46. The maximum absolute atomic E-state index is 5.56. The summed E-state index contributed by atoms with van der Waals surface area (Å²) in [6, 6.07) is 8.55. The van der Waals surface area contributed by atoms with Crippen LogP contribution in [0.2, 0.25) is 0 Å². The van der Waals surface area contributed by atoms with Crippen molar-refractivity contribution in [2.45, 2.75) is 19.6 Å². The third kappa shape index (κ3) is 1.79. The minimum absolute atomic E-state index is 0.548. The second-order valence-corrected chi connectivity index (χ2v) is 5.04. The fourth-order valence-electron chi connectivity index (χ4n) is 2.04. The number of nitrogens with zero attached hydrogens (tertiary/aromatic N) is 3. The minimum atomic E-state index is 0.548. The summed E-state index contributed by atoms with van der Waals surface area (Å²) in [5.74, 6) is 0. The zero-order valence-corrected chi connectivity index (χ0v) is 9.57. The normalized spacial score (nSPS) is 15.2. The molecule has 0 radical (unpaired) electrons. The summed E-state index contributed by atoms with van der Waals surface area (Å²) in [6.45, 7) is 2.83. The Labute approximate surface area is 97.7 Å². The van der Waals surface area contributed by atoms with E-state index >= 15 is 0 Å². The average molecular weight is 232 g/mol. The van der Waals surface area contributed by atoms with Gasteiger partial charge in [-0.15, -0.1) is 10.2 Å². The van der Waals surface area contributed by atoms with Crippen LogP contribution in [0.1, 0.15) is 16.1 Å². The van der Waals surface area contributed by atoms with Crippen LogP contribution in [0.4, 0.5) is 5.13 Å². The maximum atomic E-state index is 5.56. The number of nitrogen functional groups attached to an aromatic ring is 1. The Morgan fingerprint density at radius 2 is 1.88 bits per heavy atom. The minimum Gasteiger partial charge on any atom is -0.374 e. The van der Waals surface area contributed by atoms with Crippen molar-refractivity contribution in [3.8, 4) is 0 Å². The first-order valence-electron chi connectivity index (χ1n) is 5.18. The highest BCUT2D eigenvalue weighted by Crippen LogP contribution is 2.24. The molecule has 0 spiro atoms. The molecule has 0 atom stereocenters. The van der Waals surface area contributed by atoms with Crippen molar-refractivity contribution < 1.29 is 0 Å². The van der Waals surface area contributed by atoms with Gasteiger partial charge in [0.25, 0.3) is 0 Å². The van der Waals surface area contributed by atoms with Crippen LogP contribution in [0.5, 0.6) is 0 Å². The van der Waals surface area contributed by atoms with Crippen molar-refractivity contribution in [3.63, 3.8) is 0 Å². The van der Waals surface area contributed by atoms with E-state index in [0.29, 0.717) is 5.13 Å². The van der Waals surface area contributed by atoms with E-state index in [1.165, 1.54) is 22.5 Å². The van der Waals surface area contributed by atoms with E-state index in [9.17, 15) is 0 Å². The van der Waals surface area contributed by atoms with Gasteiger partial charge >= 0.3 is 0 Å². The number of hydrogen-bond acceptors (Lipinski definition) is 5. The lowest BCUT2D eigenvalue weighted by Gasteiger charge is -2.11. The number of aromatic nitrogens is 2. The molecule has 1 aliphatic rings. The quantitative estimate of drug-likeness (QED) is 0.855. The molecule has 2 N–H and O–H groups in total. The first-order chi connectivity index (χ1) is 7.81. The first kappa shape index (κ1) is 9.74. The van der Waals surface area contributed by atoms with Gasteiger partial charge in [-0.25, -0.2) is 0 Å². The molecule has 2 heterocycles. The monoisotopic (exact) mass is 232 g/mol. The molecule has 5 heteroatoms. The van der Waals surface area contributed by atoms with Gasteiger partial charge in [-0.1, -0.05) is 35.6 Å². The van der Waals surface area contributed by atoms with Crippen molar-refractivity contribution >= 4 is 16.5 Å². The van der Waals surface area contributed by atoms with Gasteiger partial charge in [0.2, 0.25) is 5.13 Å². The van der Waals surface area contributed by atoms with Crippen molar-refractivity contribution in [3.05, 3.63) is 40.4 Å². The Bertz CT molecular complexity index is 483. The van der Waals surface area contributed by atoms with E-state index in [4.69, 9.17) is 5.73 Å². The van der Waals surface area contributed by atoms with Gasteiger partial charge in [-0.2, -0.15) is 0 Å². The second kappa shape index (κ2) is 3.84. The molecular formula is C11H12N4S. The van der Waals surface area contributed by atoms with E-state index in [1.54, 1.807) is 0 Å². The van der Waals surface area contributed by atoms with E-state index in [2.05, 4.69) is 39.4 Å². The molecule has 0 saturated heterocycles. The van der Waals surface area contributed by atoms with E-state index in [0.717, 1.165) is 24.6 Å². The van der Waals surface area contributed by atoms with Crippen LogP contribution in [0, 0.1) is 0 Å². The lowest BCUT2D eigenvalue weighted by atomic mass is 10.1. The van der Waals surface area contributed by atoms with Gasteiger partial charge in [0.05, 0.1) is 6.54 Å². The fourth-order valence-corrected chi connectivity index (χ4v) is 2.69. The van der Waals surface area contributed by atoms with Crippen molar-refractivity contribution in [1.29, 1.82) is 0 Å². The second-order valence-electron chi connectivity index (χ2n) is 3.95. The van der Waals surface area contributed by atoms with Gasteiger partial charge in [0.15, 0.2) is 0 Å². The summed E-state index contributed by atoms with van der Waals surface area (Å²) >= 11 is 1.47. The fraction of sp³-hybridized carbons (Fsp3) is 0.273. The summed E-state index contributed by atoms with van der Waals surface area (Å²) in [6.07, 6.45) is 0. The molecule has 0 amide bonds. The number of rotatable bonds is 2. The van der Waals surface area contributed by atoms with Gasteiger partial charge in [-0.05, 0) is 11.1 Å². The highest BCUT2D eigenvalue weighted by Gasteiger charge is 2.19. The maximum Gasteiger partial charge on any atom is 0.203 e. The highest BCUT2D eigenvalue weighted by atomic mass is 32.1. The average Bonchev–Trinajstić information content (AvgIpc) is 2.84. The lowest BCUT2D eigenvalue weighted by Crippen LogP contribution is -2.15. The molecule has 4 nitrogen and oxygen atoms in total. The van der Waals surface area contributed by atoms with Crippen molar-refractivity contribution in [2.75, 3.05) is 5.73 Å². The smallest absolute Gasteiger partial charge is 0.203 e. The Balaban J connectivity index is 1.72. The molecule has 2 aromatic rings. The molecule has 16 heavy (non-hydrogen) atoms. The zero-order chi connectivity index (χ0) is 11.0. The first-order valence-corrected chi connectivity index (χ1v) is 6.00. The molecular weight excluding hydrogens is 220 g/mol. The topological polar surface area (TPSA) is 55.0 Å². The van der Waals surface area contributed by atoms with Gasteiger partial charge in [-0.3, -0.25) is 4.90 Å². The number of anilines is 1. The summed E-state index contributed by atoms with van der Waals surface area (Å²) in [4.78, 5) is 2.35. The standard InChI is InChI=1S/C11H12N4S/c12-11-14-13-10(16-11)7-15-5-8-3-1-2-4-9(8)6-15/h1-4H,5-7H2,(H2,12,14). The lowest BCUT2D eigenvalue weighted by molar-refractivity contribution is 0.274. The predicted octanol–water partition coefficient (Wildman–Crippen LogP) is 1.64. The van der Waals surface area contributed by atoms with Crippen LogP contribution in [0.15, 0.2) is 24.3 Å². The summed E-state index contributed by atoms with van der Waals surface area (Å²) in [5.41, 5.74) is 8.40. The Kier molecular flexibility index (Phi) is 2.34. The summed E-state index contributed by atoms with van der Waals surface area (Å²) in [5, 5.41) is 9.41. The molecule has 0 saturated carbocycles. The van der Waals surface area contributed by atoms with Crippen LogP contribution in [-0.4, -0.2) is 15.1 Å². The number of fused-ring (bicyclic) bond motifs is 1. The van der Waals surface area contributed by atoms with E-state index < -0.39 is 0 Å². The predicted molar refractivity (Wildman–Crippen MR) is 63.7 cm³/mol. The number of nitrogens with two attached hydrogens (primary N) is 1. The van der Waals surface area contributed by atoms with E-state index in [-0.39, 0.29) is 0 Å². The van der Waals surface area contributed by atoms with E-state index in [1.807, 2.05) is 0 Å². The van der Waals surface area contributed by atoms with Gasteiger partial charge < -0.3 is 5.73 Å². The number of hydrogen-bond donors (Lipinski definition) is 1.